The van der Waals surface area contributed by atoms with Crippen LogP contribution in [0.5, 0.6) is 0 Å². The van der Waals surface area contributed by atoms with Crippen molar-refractivity contribution in [1.82, 2.24) is 0 Å². The maximum atomic E-state index is 13.7. The van der Waals surface area contributed by atoms with Crippen molar-refractivity contribution < 1.29 is 91.1 Å². The van der Waals surface area contributed by atoms with Crippen molar-refractivity contribution in [3.63, 3.8) is 0 Å². The summed E-state index contributed by atoms with van der Waals surface area (Å²) in [6.45, 7) is 8.70. The van der Waals surface area contributed by atoms with E-state index >= 15 is 0 Å². The van der Waals surface area contributed by atoms with Crippen molar-refractivity contribution >= 4 is 75.4 Å². The van der Waals surface area contributed by atoms with Crippen molar-refractivity contribution in [1.29, 1.82) is 0 Å². The van der Waals surface area contributed by atoms with Gasteiger partial charge < -0.3 is 56.3 Å². The molecule has 15 nitrogen and oxygen atoms in total. The summed E-state index contributed by atoms with van der Waals surface area (Å²) in [5.41, 5.74) is 0. The fourth-order valence-electron chi connectivity index (χ4n) is 6.81. The van der Waals surface area contributed by atoms with Gasteiger partial charge in [-0.15, -0.1) is 0 Å². The van der Waals surface area contributed by atoms with Gasteiger partial charge in [-0.3, -0.25) is 13.7 Å². The minimum Gasteiger partial charge on any atom is -0.394 e. The Morgan fingerprint density at radius 2 is 1.08 bits per heavy atom. The van der Waals surface area contributed by atoms with Gasteiger partial charge in [-0.2, -0.15) is 0 Å². The third kappa shape index (κ3) is 12.4. The van der Waals surface area contributed by atoms with E-state index in [2.05, 4.69) is 0 Å². The van der Waals surface area contributed by atoms with Crippen LogP contribution in [0, 0.1) is 23.7 Å². The zero-order chi connectivity index (χ0) is 38.9. The second-order valence-electron chi connectivity index (χ2n) is 14.3. The number of hydrogen-bond acceptors (Lipinski definition) is 15. The summed E-state index contributed by atoms with van der Waals surface area (Å²) in [6.07, 6.45) is -6.95. The molecule has 0 spiro atoms. The van der Waals surface area contributed by atoms with Crippen molar-refractivity contribution in [3.05, 3.63) is 0 Å². The topological polar surface area (TPSA) is 184 Å². The molecular formula is C27H47B7O15P3W. The van der Waals surface area contributed by atoms with Crippen molar-refractivity contribution in [3.8, 4) is 0 Å². The van der Waals surface area contributed by atoms with Gasteiger partial charge in [0, 0.05) is 112 Å². The molecule has 26 heteroatoms. The van der Waals surface area contributed by atoms with Gasteiger partial charge in [0.25, 0.3) is 0 Å². The molecular weight excluding hydrogens is 917 g/mol. The Hall–Kier alpha value is 1.35. The van der Waals surface area contributed by atoms with Crippen LogP contribution in [0.25, 0.3) is 0 Å². The predicted octanol–water partition coefficient (Wildman–Crippen LogP) is -0.0132. The number of ether oxygens (including phenoxy) is 4. The molecule has 4 saturated heterocycles. The van der Waals surface area contributed by atoms with E-state index < -0.39 is 126 Å². The maximum absolute atomic E-state index is 13.7. The second-order valence-corrected chi connectivity index (χ2v) is 20.4. The molecule has 0 bridgehead atoms. The van der Waals surface area contributed by atoms with Crippen molar-refractivity contribution in [2.24, 2.45) is 23.7 Å². The minimum atomic E-state index is -3.89. The van der Waals surface area contributed by atoms with Crippen LogP contribution in [0.15, 0.2) is 0 Å². The molecule has 19 unspecified atom stereocenters. The van der Waals surface area contributed by atoms with Crippen LogP contribution in [0.3, 0.4) is 0 Å². The van der Waals surface area contributed by atoms with Gasteiger partial charge in [0.2, 0.25) is 0 Å². The molecule has 4 heterocycles. The van der Waals surface area contributed by atoms with E-state index in [0.29, 0.717) is 0 Å². The summed E-state index contributed by atoms with van der Waals surface area (Å²) in [6, 6.07) is -2.78. The largest absolute Gasteiger partial charge is 0.394 e. The van der Waals surface area contributed by atoms with Gasteiger partial charge in [0.05, 0.1) is 64.5 Å². The van der Waals surface area contributed by atoms with Gasteiger partial charge in [-0.1, -0.05) is 27.7 Å². The Kier molecular flexibility index (Phi) is 18.5. The minimum absolute atomic E-state index is 0. The third-order valence-electron chi connectivity index (χ3n) is 10.1. The zero-order valence-corrected chi connectivity index (χ0v) is 36.7. The molecule has 19 atom stereocenters. The van der Waals surface area contributed by atoms with Crippen LogP contribution in [-0.4, -0.2) is 182 Å². The van der Waals surface area contributed by atoms with Crippen molar-refractivity contribution in [2.45, 2.75) is 101 Å². The Morgan fingerprint density at radius 3 is 1.51 bits per heavy atom. The molecule has 4 aliphatic rings. The number of aliphatic hydroxyl groups is 2. The zero-order valence-electron chi connectivity index (χ0n) is 31.1. The third-order valence-corrected chi connectivity index (χ3v) is 13.8. The van der Waals surface area contributed by atoms with E-state index in [-0.39, 0.29) is 46.8 Å². The average molecular weight is 964 g/mol. The second kappa shape index (κ2) is 20.1. The van der Waals surface area contributed by atoms with Crippen LogP contribution in [0.4, 0.5) is 0 Å². The van der Waals surface area contributed by atoms with Gasteiger partial charge in [-0.25, -0.2) is 0 Å². The summed E-state index contributed by atoms with van der Waals surface area (Å²) < 4.78 is 98.3. The summed E-state index contributed by atoms with van der Waals surface area (Å²) in [5.74, 6) is -1.64. The average Bonchev–Trinajstić information content (AvgIpc) is 3.71. The first-order valence-electron chi connectivity index (χ1n) is 17.3. The van der Waals surface area contributed by atoms with Crippen LogP contribution in [0.2, 0.25) is 0 Å². The van der Waals surface area contributed by atoms with Crippen LogP contribution in [-0.2, 0) is 80.9 Å². The molecule has 11 radical (unpaired) electrons. The van der Waals surface area contributed by atoms with E-state index in [1.165, 1.54) is 27.2 Å². The van der Waals surface area contributed by atoms with E-state index in [9.17, 15) is 23.9 Å². The molecule has 0 amide bonds. The monoisotopic (exact) mass is 965 g/mol. The van der Waals surface area contributed by atoms with Gasteiger partial charge in [-0.05, 0) is 0 Å². The van der Waals surface area contributed by atoms with Crippen molar-refractivity contribution in [2.75, 3.05) is 46.4 Å². The van der Waals surface area contributed by atoms with Crippen LogP contribution >= 0.6 is 22.8 Å². The first kappa shape index (κ1) is 48.7. The first-order chi connectivity index (χ1) is 24.1. The summed E-state index contributed by atoms with van der Waals surface area (Å²) in [5, 5.41) is 20.1. The molecule has 0 aromatic rings. The Balaban J connectivity index is 0.00000756. The Morgan fingerprint density at radius 1 is 0.660 bits per heavy atom. The van der Waals surface area contributed by atoms with Crippen LogP contribution in [0.1, 0.15) is 27.7 Å². The quantitative estimate of drug-likeness (QED) is 0.138. The van der Waals surface area contributed by atoms with E-state index in [1.807, 2.05) is 0 Å². The number of hydrogen-bond donors (Lipinski definition) is 2. The molecule has 0 aromatic carbocycles. The molecule has 287 valence electrons. The number of aliphatic hydroxyl groups excluding tert-OH is 2. The predicted molar refractivity (Wildman–Crippen MR) is 198 cm³/mol. The van der Waals surface area contributed by atoms with Gasteiger partial charge in [0.15, 0.2) is 0 Å². The van der Waals surface area contributed by atoms with Crippen LogP contribution < -0.4 is 0 Å². The first-order valence-corrected chi connectivity index (χ1v) is 23.3. The Bertz CT molecular complexity index is 1340. The molecule has 53 heavy (non-hydrogen) atoms. The molecule has 0 aromatic heterocycles. The SMILES string of the molecule is [B][B]C1OC(COP(C)(=O)OC2C(CO)OC(B([B])[B])C2C)C(OP(C)(=O)OCC2OC([B])C(C)C2OP(C)(=O)OCC2OC([B])C(C)C2O)C1C.[W]. The van der Waals surface area contributed by atoms with Gasteiger partial charge >= 0.3 is 22.8 Å². The molecule has 4 fully saturated rings. The molecule has 2 N–H and O–H groups in total. The van der Waals surface area contributed by atoms with E-state index in [0.717, 1.165) is 0 Å². The Labute approximate surface area is 335 Å². The normalized spacial score (nSPS) is 43.4. The maximum Gasteiger partial charge on any atom is 0.328 e. The fraction of sp³-hybridized carbons (Fsp3) is 1.00. The van der Waals surface area contributed by atoms with E-state index in [4.69, 9.17) is 85.0 Å². The molecule has 0 aliphatic carbocycles. The molecule has 4 aliphatic heterocycles. The number of rotatable bonds is 18. The fourth-order valence-corrected chi connectivity index (χ4v) is 10.6. The standard InChI is InChI=1S/C27H47B7O15P3.W/c1-12-20(36)17(43-24(12)28)9-40-50(5,37)47-21-13(2)25(29)44-18(21)10-41-51(6,38)48-22-14(3)26(33-30)45-19(22)11-42-52(7,39)49-23-15(4)27(34(31)32)46-16(23)8-35;/h12-27,35-36H,8-11H2,1-7H3;. The summed E-state index contributed by atoms with van der Waals surface area (Å²) in [4.78, 5) is 0. The van der Waals surface area contributed by atoms with Gasteiger partial charge in [0.1, 0.15) is 40.1 Å². The molecule has 4 rings (SSSR count). The van der Waals surface area contributed by atoms with E-state index in [1.54, 1.807) is 27.7 Å². The summed E-state index contributed by atoms with van der Waals surface area (Å²) >= 11 is 0. The smallest absolute Gasteiger partial charge is 0.328 e. The summed E-state index contributed by atoms with van der Waals surface area (Å²) in [7, 11) is 19.3. The molecule has 0 saturated carbocycles.